The van der Waals surface area contributed by atoms with Gasteiger partial charge in [-0.25, -0.2) is 9.97 Å². The number of carbonyl (C=O) groups is 1. The number of hydrogen-bond acceptors (Lipinski definition) is 6. The summed E-state index contributed by atoms with van der Waals surface area (Å²) in [7, 11) is 0. The molecule has 1 aromatic heterocycles. The summed E-state index contributed by atoms with van der Waals surface area (Å²) >= 11 is 1.65. The van der Waals surface area contributed by atoms with Crippen LogP contribution < -0.4 is 5.32 Å². The molecule has 0 saturated carbocycles. The molecule has 28 heavy (non-hydrogen) atoms. The predicted octanol–water partition coefficient (Wildman–Crippen LogP) is 4.19. The highest BCUT2D eigenvalue weighted by molar-refractivity contribution is 7.99. The number of hydrogen-bond donors (Lipinski definition) is 2. The molecule has 1 fully saturated rings. The normalized spacial score (nSPS) is 21.5. The number of carboxylic acid groups (broad SMARTS) is 1. The number of likely N-dealkylation sites (tertiary alicyclic amines) is 1. The van der Waals surface area contributed by atoms with E-state index in [0.717, 1.165) is 61.7 Å². The van der Waals surface area contributed by atoms with E-state index in [-0.39, 0.29) is 5.92 Å². The van der Waals surface area contributed by atoms with Crippen molar-refractivity contribution in [2.45, 2.75) is 55.0 Å². The second-order valence-electron chi connectivity index (χ2n) is 7.53. The molecule has 0 spiro atoms. The van der Waals surface area contributed by atoms with Crippen molar-refractivity contribution in [2.24, 2.45) is 5.92 Å². The Kier molecular flexibility index (Phi) is 5.82. The van der Waals surface area contributed by atoms with Crippen LogP contribution in [0.15, 0.2) is 40.5 Å². The molecular weight excluding hydrogens is 372 g/mol. The van der Waals surface area contributed by atoms with Gasteiger partial charge in [0, 0.05) is 23.3 Å². The van der Waals surface area contributed by atoms with Crippen molar-refractivity contribution >= 4 is 29.2 Å². The second kappa shape index (κ2) is 8.49. The Labute approximate surface area is 169 Å². The minimum atomic E-state index is -0.635. The molecule has 2 aliphatic rings. The maximum Gasteiger partial charge on any atom is 0.306 e. The lowest BCUT2D eigenvalue weighted by atomic mass is 9.89. The molecule has 0 amide bonds. The number of aryl methyl sites for hydroxylation is 1. The van der Waals surface area contributed by atoms with Crippen molar-refractivity contribution < 1.29 is 9.90 Å². The van der Waals surface area contributed by atoms with Crippen molar-refractivity contribution in [3.05, 3.63) is 36.2 Å². The lowest BCUT2D eigenvalue weighted by Gasteiger charge is -2.38. The molecule has 2 unspecified atom stereocenters. The van der Waals surface area contributed by atoms with Gasteiger partial charge in [0.25, 0.3) is 0 Å². The van der Waals surface area contributed by atoms with E-state index in [1.54, 1.807) is 24.2 Å². The summed E-state index contributed by atoms with van der Waals surface area (Å²) in [5.74, 6) is 0.0180. The molecule has 2 aromatic rings. The van der Waals surface area contributed by atoms with Gasteiger partial charge in [0.2, 0.25) is 0 Å². The quantitative estimate of drug-likeness (QED) is 0.644. The molecule has 0 bridgehead atoms. The molecule has 2 atom stereocenters. The number of anilines is 2. The van der Waals surface area contributed by atoms with Gasteiger partial charge in [0.15, 0.2) is 5.82 Å². The van der Waals surface area contributed by atoms with Crippen LogP contribution in [0.3, 0.4) is 0 Å². The maximum absolute atomic E-state index is 11.3. The Hall–Kier alpha value is -2.12. The molecule has 3 heterocycles. The lowest BCUT2D eigenvalue weighted by Crippen LogP contribution is -2.44. The van der Waals surface area contributed by atoms with Crippen LogP contribution in [0, 0.1) is 5.92 Å². The highest BCUT2D eigenvalue weighted by Gasteiger charge is 2.30. The molecule has 4 rings (SSSR count). The van der Waals surface area contributed by atoms with Crippen molar-refractivity contribution in [3.8, 4) is 0 Å². The highest BCUT2D eigenvalue weighted by atomic mass is 32.2. The van der Waals surface area contributed by atoms with Crippen LogP contribution in [0.5, 0.6) is 0 Å². The van der Waals surface area contributed by atoms with Gasteiger partial charge < -0.3 is 15.3 Å². The first-order chi connectivity index (χ1) is 13.6. The van der Waals surface area contributed by atoms with E-state index < -0.39 is 5.97 Å². The fourth-order valence-corrected chi connectivity index (χ4v) is 5.04. The maximum atomic E-state index is 11.3. The third-order valence-electron chi connectivity index (χ3n) is 5.74. The molecule has 0 aliphatic carbocycles. The van der Waals surface area contributed by atoms with E-state index in [1.807, 2.05) is 0 Å². The summed E-state index contributed by atoms with van der Waals surface area (Å²) in [6, 6.07) is 6.97. The van der Waals surface area contributed by atoms with Crippen molar-refractivity contribution in [3.63, 3.8) is 0 Å². The van der Waals surface area contributed by atoms with E-state index in [9.17, 15) is 9.90 Å². The van der Waals surface area contributed by atoms with E-state index >= 15 is 0 Å². The SMILES string of the molecule is CCC1CC(C(=O)O)CCN1CCCc1ccc2c(c1)Nc1nccnc1S2. The molecular formula is C21H26N4O2S. The summed E-state index contributed by atoms with van der Waals surface area (Å²) in [5.41, 5.74) is 2.41. The van der Waals surface area contributed by atoms with E-state index in [1.165, 1.54) is 10.5 Å². The first kappa shape index (κ1) is 19.2. The largest absolute Gasteiger partial charge is 0.481 e. The first-order valence-electron chi connectivity index (χ1n) is 9.99. The smallest absolute Gasteiger partial charge is 0.306 e. The number of aliphatic carboxylic acids is 1. The highest BCUT2D eigenvalue weighted by Crippen LogP contribution is 2.42. The lowest BCUT2D eigenvalue weighted by molar-refractivity contribution is -0.144. The number of carboxylic acids is 1. The zero-order valence-corrected chi connectivity index (χ0v) is 16.9. The minimum Gasteiger partial charge on any atom is -0.481 e. The number of nitrogens with one attached hydrogen (secondary N) is 1. The average molecular weight is 399 g/mol. The third kappa shape index (κ3) is 4.15. The van der Waals surface area contributed by atoms with Gasteiger partial charge in [-0.15, -0.1) is 0 Å². The minimum absolute atomic E-state index is 0.170. The topological polar surface area (TPSA) is 78.4 Å². The van der Waals surface area contributed by atoms with Gasteiger partial charge in [-0.1, -0.05) is 24.8 Å². The zero-order chi connectivity index (χ0) is 19.5. The molecule has 2 aliphatic heterocycles. The number of nitrogens with zero attached hydrogens (tertiary/aromatic N) is 3. The van der Waals surface area contributed by atoms with Crippen LogP contribution in [-0.2, 0) is 11.2 Å². The van der Waals surface area contributed by atoms with Gasteiger partial charge >= 0.3 is 5.97 Å². The molecule has 7 heteroatoms. The Balaban J connectivity index is 1.33. The van der Waals surface area contributed by atoms with Crippen LogP contribution >= 0.6 is 11.8 Å². The molecule has 148 valence electrons. The van der Waals surface area contributed by atoms with Crippen molar-refractivity contribution in [1.29, 1.82) is 0 Å². The molecule has 1 aromatic carbocycles. The fourth-order valence-electron chi connectivity index (χ4n) is 4.17. The van der Waals surface area contributed by atoms with Crippen molar-refractivity contribution in [1.82, 2.24) is 14.9 Å². The average Bonchev–Trinajstić information content (AvgIpc) is 2.72. The van der Waals surface area contributed by atoms with Crippen molar-refractivity contribution in [2.75, 3.05) is 18.4 Å². The summed E-state index contributed by atoms with van der Waals surface area (Å²) in [6.45, 7) is 4.08. The number of piperidine rings is 1. The second-order valence-corrected chi connectivity index (χ2v) is 8.56. The molecule has 6 nitrogen and oxygen atoms in total. The molecule has 2 N–H and O–H groups in total. The molecule has 0 radical (unpaired) electrons. The summed E-state index contributed by atoms with van der Waals surface area (Å²) < 4.78 is 0. The van der Waals surface area contributed by atoms with Gasteiger partial charge in [0.1, 0.15) is 5.03 Å². The summed E-state index contributed by atoms with van der Waals surface area (Å²) in [5, 5.41) is 13.6. The predicted molar refractivity (Wildman–Crippen MR) is 110 cm³/mol. The number of aromatic nitrogens is 2. The third-order valence-corrected chi connectivity index (χ3v) is 6.81. The fraction of sp³-hybridized carbons (Fsp3) is 0.476. The monoisotopic (exact) mass is 398 g/mol. The van der Waals surface area contributed by atoms with E-state index in [0.29, 0.717) is 6.04 Å². The molecule has 1 saturated heterocycles. The van der Waals surface area contributed by atoms with Gasteiger partial charge in [-0.2, -0.15) is 0 Å². The first-order valence-corrected chi connectivity index (χ1v) is 10.8. The summed E-state index contributed by atoms with van der Waals surface area (Å²) in [6.07, 6.45) is 8.09. The number of benzene rings is 1. The summed E-state index contributed by atoms with van der Waals surface area (Å²) in [4.78, 5) is 23.7. The van der Waals surface area contributed by atoms with Crippen LogP contribution in [0.4, 0.5) is 11.5 Å². The Bertz CT molecular complexity index is 860. The zero-order valence-electron chi connectivity index (χ0n) is 16.1. The Morgan fingerprint density at radius 3 is 3.04 bits per heavy atom. The van der Waals surface area contributed by atoms with Crippen LogP contribution in [-0.4, -0.2) is 45.1 Å². The number of fused-ring (bicyclic) bond motifs is 2. The Morgan fingerprint density at radius 2 is 2.21 bits per heavy atom. The Morgan fingerprint density at radius 1 is 1.36 bits per heavy atom. The van der Waals surface area contributed by atoms with E-state index in [2.05, 4.69) is 45.3 Å². The van der Waals surface area contributed by atoms with Crippen LogP contribution in [0.25, 0.3) is 0 Å². The van der Waals surface area contributed by atoms with E-state index in [4.69, 9.17) is 0 Å². The number of rotatable bonds is 6. The van der Waals surface area contributed by atoms with Gasteiger partial charge in [-0.3, -0.25) is 4.79 Å². The van der Waals surface area contributed by atoms with Gasteiger partial charge in [0.05, 0.1) is 11.6 Å². The van der Waals surface area contributed by atoms with Crippen LogP contribution in [0.1, 0.15) is 38.2 Å². The standard InChI is InChI=1S/C21H26N4O2S/c1-2-16-13-15(21(26)27)7-11-25(16)10-3-4-14-5-6-18-17(12-14)24-19-20(28-18)23-9-8-22-19/h5-6,8-9,12,15-16H,2-4,7,10-11,13H2,1H3,(H,22,24)(H,26,27). The van der Waals surface area contributed by atoms with Crippen LogP contribution in [0.2, 0.25) is 0 Å². The van der Waals surface area contributed by atoms with Gasteiger partial charge in [-0.05, 0) is 62.9 Å².